The van der Waals surface area contributed by atoms with Gasteiger partial charge in [0.15, 0.2) is 5.76 Å². The Hall–Kier alpha value is -4.01. The maximum Gasteiger partial charge on any atom is 0.320 e. The predicted molar refractivity (Wildman–Crippen MR) is 108 cm³/mol. The Morgan fingerprint density at radius 1 is 1.03 bits per heavy atom. The lowest BCUT2D eigenvalue weighted by Gasteiger charge is -2.11. The molecule has 8 nitrogen and oxygen atoms in total. The fraction of sp³-hybridized carbons (Fsp3) is 0.143. The zero-order valence-electron chi connectivity index (χ0n) is 16.3. The number of nitrogens with zero attached hydrogens (tertiary/aromatic N) is 4. The molecule has 0 atom stereocenters. The number of hydrogen-bond acceptors (Lipinski definition) is 8. The Labute approximate surface area is 171 Å². The van der Waals surface area contributed by atoms with E-state index in [2.05, 4.69) is 25.3 Å². The van der Waals surface area contributed by atoms with Crippen molar-refractivity contribution in [3.8, 4) is 34.6 Å². The fourth-order valence-electron chi connectivity index (χ4n) is 2.81. The lowest BCUT2D eigenvalue weighted by Crippen LogP contribution is -2.06. The number of aromatic nitrogens is 4. The van der Waals surface area contributed by atoms with Gasteiger partial charge in [-0.15, -0.1) is 0 Å². The second-order valence-corrected chi connectivity index (χ2v) is 6.16. The SMILES string of the molecule is COc1cc(-c2cnc(NCc3ccccc3F)nc2-c2ccco2)nc(OC)n1. The smallest absolute Gasteiger partial charge is 0.320 e. The summed E-state index contributed by atoms with van der Waals surface area (Å²) in [5.74, 6) is 0.885. The van der Waals surface area contributed by atoms with Crippen LogP contribution in [0.15, 0.2) is 59.3 Å². The minimum Gasteiger partial charge on any atom is -0.481 e. The van der Waals surface area contributed by atoms with E-state index in [1.807, 2.05) is 0 Å². The van der Waals surface area contributed by atoms with Crippen LogP contribution in [-0.4, -0.2) is 34.2 Å². The zero-order valence-corrected chi connectivity index (χ0v) is 16.3. The first-order valence-electron chi connectivity index (χ1n) is 9.03. The number of ether oxygens (including phenoxy) is 2. The zero-order chi connectivity index (χ0) is 20.9. The van der Waals surface area contributed by atoms with Crippen LogP contribution in [0.3, 0.4) is 0 Å². The van der Waals surface area contributed by atoms with Crippen molar-refractivity contribution >= 4 is 5.95 Å². The molecule has 152 valence electrons. The van der Waals surface area contributed by atoms with Crippen molar-refractivity contribution in [3.05, 3.63) is 66.3 Å². The van der Waals surface area contributed by atoms with Crippen LogP contribution >= 0.6 is 0 Å². The molecule has 1 aromatic carbocycles. The predicted octanol–water partition coefficient (Wildman–Crippen LogP) is 3.96. The standard InChI is InChI=1S/C21H18FN5O3/c1-28-18-10-16(25-21(26-18)29-2)14-12-24-20(27-19(14)17-8-5-9-30-17)23-11-13-6-3-4-7-15(13)22/h3-10,12H,11H2,1-2H3,(H,23,24,27). The Balaban J connectivity index is 1.72. The van der Waals surface area contributed by atoms with E-state index < -0.39 is 0 Å². The summed E-state index contributed by atoms with van der Waals surface area (Å²) in [6.45, 7) is 0.235. The van der Waals surface area contributed by atoms with Gasteiger partial charge < -0.3 is 19.2 Å². The summed E-state index contributed by atoms with van der Waals surface area (Å²) in [7, 11) is 2.98. The highest BCUT2D eigenvalue weighted by atomic mass is 19.1. The number of benzene rings is 1. The van der Waals surface area contributed by atoms with E-state index >= 15 is 0 Å². The van der Waals surface area contributed by atoms with E-state index in [1.165, 1.54) is 20.3 Å². The van der Waals surface area contributed by atoms with Gasteiger partial charge in [-0.05, 0) is 18.2 Å². The second-order valence-electron chi connectivity index (χ2n) is 6.16. The maximum atomic E-state index is 13.9. The minimum atomic E-state index is -0.298. The van der Waals surface area contributed by atoms with E-state index in [0.717, 1.165) is 0 Å². The van der Waals surface area contributed by atoms with Crippen LogP contribution in [0.1, 0.15) is 5.56 Å². The van der Waals surface area contributed by atoms with Crippen LogP contribution in [0.2, 0.25) is 0 Å². The van der Waals surface area contributed by atoms with Crippen molar-refractivity contribution in [2.24, 2.45) is 0 Å². The molecule has 4 rings (SSSR count). The third-order valence-corrected chi connectivity index (χ3v) is 4.29. The number of nitrogens with one attached hydrogen (secondary N) is 1. The fourth-order valence-corrected chi connectivity index (χ4v) is 2.81. The van der Waals surface area contributed by atoms with Crippen molar-refractivity contribution in [2.45, 2.75) is 6.54 Å². The van der Waals surface area contributed by atoms with Crippen LogP contribution in [0, 0.1) is 5.82 Å². The van der Waals surface area contributed by atoms with Gasteiger partial charge in [0.1, 0.15) is 11.5 Å². The minimum absolute atomic E-state index is 0.150. The largest absolute Gasteiger partial charge is 0.481 e. The van der Waals surface area contributed by atoms with Crippen LogP contribution in [0.4, 0.5) is 10.3 Å². The van der Waals surface area contributed by atoms with Crippen LogP contribution in [-0.2, 0) is 6.54 Å². The number of furan rings is 1. The molecule has 0 fully saturated rings. The van der Waals surface area contributed by atoms with Crippen LogP contribution in [0.5, 0.6) is 11.9 Å². The Bertz CT molecular complexity index is 1130. The molecule has 0 spiro atoms. The quantitative estimate of drug-likeness (QED) is 0.492. The molecular weight excluding hydrogens is 389 g/mol. The molecule has 0 saturated carbocycles. The van der Waals surface area contributed by atoms with Gasteiger partial charge >= 0.3 is 6.01 Å². The summed E-state index contributed by atoms with van der Waals surface area (Å²) in [5, 5.41) is 3.04. The summed E-state index contributed by atoms with van der Waals surface area (Å²) in [4.78, 5) is 17.4. The summed E-state index contributed by atoms with van der Waals surface area (Å²) >= 11 is 0. The molecule has 0 aliphatic carbocycles. The van der Waals surface area contributed by atoms with Gasteiger partial charge in [-0.2, -0.15) is 9.97 Å². The van der Waals surface area contributed by atoms with E-state index in [1.54, 1.807) is 48.9 Å². The molecule has 0 radical (unpaired) electrons. The molecule has 0 aliphatic heterocycles. The van der Waals surface area contributed by atoms with Crippen molar-refractivity contribution in [3.63, 3.8) is 0 Å². The van der Waals surface area contributed by atoms with Crippen LogP contribution < -0.4 is 14.8 Å². The molecule has 0 unspecified atom stereocenters. The topological polar surface area (TPSA) is 95.2 Å². The van der Waals surface area contributed by atoms with E-state index in [4.69, 9.17) is 13.9 Å². The molecule has 0 amide bonds. The first-order valence-corrected chi connectivity index (χ1v) is 9.03. The number of hydrogen-bond donors (Lipinski definition) is 1. The summed E-state index contributed by atoms with van der Waals surface area (Å²) < 4.78 is 29.8. The highest BCUT2D eigenvalue weighted by Crippen LogP contribution is 2.32. The van der Waals surface area contributed by atoms with Gasteiger partial charge in [-0.3, -0.25) is 0 Å². The van der Waals surface area contributed by atoms with E-state index in [0.29, 0.717) is 40.1 Å². The Kier molecular flexibility index (Phi) is 5.51. The average Bonchev–Trinajstić information content (AvgIpc) is 3.33. The lowest BCUT2D eigenvalue weighted by atomic mass is 10.1. The second kappa shape index (κ2) is 8.56. The number of halogens is 1. The van der Waals surface area contributed by atoms with Gasteiger partial charge in [-0.25, -0.2) is 14.4 Å². The molecule has 0 bridgehead atoms. The first kappa shape index (κ1) is 19.3. The summed E-state index contributed by atoms with van der Waals surface area (Å²) in [6, 6.07) is 11.9. The van der Waals surface area contributed by atoms with Gasteiger partial charge in [0, 0.05) is 29.9 Å². The van der Waals surface area contributed by atoms with Crippen molar-refractivity contribution < 1.29 is 18.3 Å². The molecule has 3 aromatic heterocycles. The molecule has 1 N–H and O–H groups in total. The third kappa shape index (κ3) is 4.04. The Morgan fingerprint density at radius 2 is 1.90 bits per heavy atom. The number of methoxy groups -OCH3 is 2. The van der Waals surface area contributed by atoms with E-state index in [-0.39, 0.29) is 18.4 Å². The molecule has 30 heavy (non-hydrogen) atoms. The average molecular weight is 407 g/mol. The van der Waals surface area contributed by atoms with Crippen molar-refractivity contribution in [1.29, 1.82) is 0 Å². The molecule has 0 saturated heterocycles. The lowest BCUT2D eigenvalue weighted by molar-refractivity contribution is 0.352. The first-order chi connectivity index (χ1) is 14.7. The van der Waals surface area contributed by atoms with Crippen molar-refractivity contribution in [1.82, 2.24) is 19.9 Å². The summed E-state index contributed by atoms with van der Waals surface area (Å²) in [5.41, 5.74) is 2.12. The molecule has 9 heteroatoms. The maximum absolute atomic E-state index is 13.9. The monoisotopic (exact) mass is 407 g/mol. The molecule has 4 aromatic rings. The normalized spacial score (nSPS) is 10.6. The van der Waals surface area contributed by atoms with Crippen LogP contribution in [0.25, 0.3) is 22.7 Å². The third-order valence-electron chi connectivity index (χ3n) is 4.29. The summed E-state index contributed by atoms with van der Waals surface area (Å²) in [6.07, 6.45) is 3.16. The molecule has 3 heterocycles. The highest BCUT2D eigenvalue weighted by molar-refractivity contribution is 5.77. The van der Waals surface area contributed by atoms with Gasteiger partial charge in [0.2, 0.25) is 11.8 Å². The van der Waals surface area contributed by atoms with E-state index in [9.17, 15) is 4.39 Å². The van der Waals surface area contributed by atoms with Gasteiger partial charge in [0.05, 0.1) is 26.2 Å². The molecular formula is C21H18FN5O3. The van der Waals surface area contributed by atoms with Crippen molar-refractivity contribution in [2.75, 3.05) is 19.5 Å². The number of anilines is 1. The highest BCUT2D eigenvalue weighted by Gasteiger charge is 2.17. The van der Waals surface area contributed by atoms with Gasteiger partial charge in [0.25, 0.3) is 0 Å². The van der Waals surface area contributed by atoms with Gasteiger partial charge in [-0.1, -0.05) is 18.2 Å². The number of rotatable bonds is 7. The Morgan fingerprint density at radius 3 is 2.63 bits per heavy atom. The molecule has 0 aliphatic rings.